The summed E-state index contributed by atoms with van der Waals surface area (Å²) in [6.45, 7) is -0.728. The molecule has 0 aliphatic heterocycles. The molecule has 2 rings (SSSR count). The van der Waals surface area contributed by atoms with E-state index in [0.29, 0.717) is 5.56 Å². The number of hydrogen-bond donors (Lipinski definition) is 2. The molecule has 0 fully saturated rings. The van der Waals surface area contributed by atoms with Crippen LogP contribution in [0.25, 0.3) is 6.08 Å². The number of nitro groups is 1. The van der Waals surface area contributed by atoms with Crippen LogP contribution in [-0.2, 0) is 14.3 Å². The molecule has 0 bridgehead atoms. The third kappa shape index (κ3) is 6.33. The van der Waals surface area contributed by atoms with Gasteiger partial charge in [0, 0.05) is 18.2 Å². The molecule has 0 unspecified atom stereocenters. The molecule has 0 saturated heterocycles. The van der Waals surface area contributed by atoms with E-state index in [2.05, 4.69) is 10.1 Å². The van der Waals surface area contributed by atoms with Crippen molar-refractivity contribution in [2.45, 2.75) is 0 Å². The number of hydrogen-bond acceptors (Lipinski definition) is 6. The van der Waals surface area contributed by atoms with Crippen molar-refractivity contribution in [2.24, 2.45) is 0 Å². The molecule has 0 radical (unpaired) electrons. The number of amides is 3. The van der Waals surface area contributed by atoms with Gasteiger partial charge in [0.05, 0.1) is 10.6 Å². The SMILES string of the molecule is O=C(COC(=O)C=Cc1ccc([N+](=O)[O-])cc1)NC(=O)Nc1ccccc1F. The van der Waals surface area contributed by atoms with Gasteiger partial charge in [0.2, 0.25) is 0 Å². The average molecular weight is 387 g/mol. The van der Waals surface area contributed by atoms with E-state index in [-0.39, 0.29) is 11.4 Å². The van der Waals surface area contributed by atoms with E-state index in [0.717, 1.165) is 12.1 Å². The summed E-state index contributed by atoms with van der Waals surface area (Å²) in [6, 6.07) is 9.81. The molecule has 2 N–H and O–H groups in total. The van der Waals surface area contributed by atoms with Crippen molar-refractivity contribution in [3.05, 3.63) is 76.1 Å². The summed E-state index contributed by atoms with van der Waals surface area (Å²) in [4.78, 5) is 44.7. The Morgan fingerprint density at radius 2 is 1.79 bits per heavy atom. The number of carbonyl (C=O) groups is 3. The highest BCUT2D eigenvalue weighted by atomic mass is 19.1. The van der Waals surface area contributed by atoms with Crippen LogP contribution in [0.2, 0.25) is 0 Å². The van der Waals surface area contributed by atoms with E-state index < -0.39 is 35.3 Å². The van der Waals surface area contributed by atoms with Crippen LogP contribution in [-0.4, -0.2) is 29.4 Å². The fourth-order valence-corrected chi connectivity index (χ4v) is 1.94. The molecule has 0 heterocycles. The van der Waals surface area contributed by atoms with Crippen LogP contribution in [0.4, 0.5) is 20.6 Å². The minimum Gasteiger partial charge on any atom is -0.452 e. The number of ether oxygens (including phenoxy) is 1. The fourth-order valence-electron chi connectivity index (χ4n) is 1.94. The molecular weight excluding hydrogens is 373 g/mol. The van der Waals surface area contributed by atoms with Gasteiger partial charge < -0.3 is 10.1 Å². The lowest BCUT2D eigenvalue weighted by Gasteiger charge is -2.07. The van der Waals surface area contributed by atoms with E-state index in [9.17, 15) is 28.9 Å². The number of urea groups is 1. The summed E-state index contributed by atoms with van der Waals surface area (Å²) in [5, 5.41) is 14.6. The standard InChI is InChI=1S/C18H14FN3O6/c19-14-3-1-2-4-15(14)20-18(25)21-16(23)11-28-17(24)10-7-12-5-8-13(9-6-12)22(26)27/h1-10H,11H2,(H2,20,21,23,25). The third-order valence-corrected chi connectivity index (χ3v) is 3.24. The van der Waals surface area contributed by atoms with Crippen LogP contribution in [0.1, 0.15) is 5.56 Å². The van der Waals surface area contributed by atoms with Crippen LogP contribution in [0.5, 0.6) is 0 Å². The monoisotopic (exact) mass is 387 g/mol. The highest BCUT2D eigenvalue weighted by Crippen LogP contribution is 2.13. The fraction of sp³-hybridized carbons (Fsp3) is 0.0556. The number of esters is 1. The molecule has 0 aliphatic rings. The first-order valence-electron chi connectivity index (χ1n) is 7.80. The zero-order chi connectivity index (χ0) is 20.5. The number of non-ortho nitro benzene ring substituents is 1. The Hall–Kier alpha value is -4.08. The molecule has 0 aromatic heterocycles. The summed E-state index contributed by atoms with van der Waals surface area (Å²) in [7, 11) is 0. The molecule has 28 heavy (non-hydrogen) atoms. The summed E-state index contributed by atoms with van der Waals surface area (Å²) in [5.41, 5.74) is 0.303. The summed E-state index contributed by atoms with van der Waals surface area (Å²) in [5.74, 6) is -2.44. The summed E-state index contributed by atoms with van der Waals surface area (Å²) >= 11 is 0. The van der Waals surface area contributed by atoms with Crippen LogP contribution < -0.4 is 10.6 Å². The van der Waals surface area contributed by atoms with Gasteiger partial charge >= 0.3 is 12.0 Å². The highest BCUT2D eigenvalue weighted by molar-refractivity contribution is 6.02. The predicted octanol–water partition coefficient (Wildman–Crippen LogP) is 2.64. The van der Waals surface area contributed by atoms with Gasteiger partial charge in [-0.1, -0.05) is 12.1 Å². The second kappa shape index (κ2) is 9.57. The molecule has 0 saturated carbocycles. The Labute approximate surface area is 158 Å². The number of nitro benzene ring substituents is 1. The quantitative estimate of drug-likeness (QED) is 0.339. The van der Waals surface area contributed by atoms with Gasteiger partial charge in [-0.3, -0.25) is 20.2 Å². The lowest BCUT2D eigenvalue weighted by molar-refractivity contribution is -0.384. The third-order valence-electron chi connectivity index (χ3n) is 3.24. The summed E-state index contributed by atoms with van der Waals surface area (Å²) in [6.07, 6.45) is 2.36. The smallest absolute Gasteiger partial charge is 0.331 e. The van der Waals surface area contributed by atoms with Gasteiger partial charge in [0.1, 0.15) is 5.82 Å². The second-order valence-corrected chi connectivity index (χ2v) is 5.27. The Morgan fingerprint density at radius 3 is 2.43 bits per heavy atom. The van der Waals surface area contributed by atoms with Gasteiger partial charge in [-0.15, -0.1) is 0 Å². The molecule has 2 aromatic rings. The number of anilines is 1. The van der Waals surface area contributed by atoms with E-state index in [1.807, 2.05) is 5.32 Å². The summed E-state index contributed by atoms with van der Waals surface area (Å²) < 4.78 is 18.1. The van der Waals surface area contributed by atoms with Gasteiger partial charge in [-0.2, -0.15) is 0 Å². The van der Waals surface area contributed by atoms with Crippen molar-refractivity contribution in [3.63, 3.8) is 0 Å². The molecule has 0 spiro atoms. The molecular formula is C18H14FN3O6. The van der Waals surface area contributed by atoms with Crippen molar-refractivity contribution in [3.8, 4) is 0 Å². The van der Waals surface area contributed by atoms with Crippen molar-refractivity contribution in [2.75, 3.05) is 11.9 Å². The van der Waals surface area contributed by atoms with Crippen LogP contribution in [0, 0.1) is 15.9 Å². The van der Waals surface area contributed by atoms with Crippen LogP contribution >= 0.6 is 0 Å². The van der Waals surface area contributed by atoms with Crippen molar-refractivity contribution < 1.29 is 28.4 Å². The van der Waals surface area contributed by atoms with Crippen molar-refractivity contribution in [1.29, 1.82) is 0 Å². The lowest BCUT2D eigenvalue weighted by atomic mass is 10.2. The van der Waals surface area contributed by atoms with Gasteiger partial charge in [0.15, 0.2) is 6.61 Å². The van der Waals surface area contributed by atoms with Gasteiger partial charge in [-0.25, -0.2) is 14.0 Å². The Bertz CT molecular complexity index is 927. The Morgan fingerprint density at radius 1 is 1.11 bits per heavy atom. The molecule has 10 heteroatoms. The predicted molar refractivity (Wildman–Crippen MR) is 96.7 cm³/mol. The zero-order valence-corrected chi connectivity index (χ0v) is 14.3. The molecule has 3 amide bonds. The normalized spacial score (nSPS) is 10.3. The van der Waals surface area contributed by atoms with Gasteiger partial charge in [0.25, 0.3) is 11.6 Å². The van der Waals surface area contributed by atoms with Gasteiger partial charge in [-0.05, 0) is 35.9 Å². The molecule has 144 valence electrons. The van der Waals surface area contributed by atoms with Crippen molar-refractivity contribution in [1.82, 2.24) is 5.32 Å². The zero-order valence-electron chi connectivity index (χ0n) is 14.3. The number of benzene rings is 2. The molecule has 9 nitrogen and oxygen atoms in total. The maximum atomic E-state index is 13.4. The first kappa shape index (κ1) is 20.2. The first-order valence-corrected chi connectivity index (χ1v) is 7.80. The van der Waals surface area contributed by atoms with E-state index in [1.165, 1.54) is 48.5 Å². The minimum atomic E-state index is -0.979. The van der Waals surface area contributed by atoms with E-state index in [1.54, 1.807) is 0 Å². The largest absolute Gasteiger partial charge is 0.452 e. The number of para-hydroxylation sites is 1. The maximum absolute atomic E-state index is 13.4. The Balaban J connectivity index is 1.77. The van der Waals surface area contributed by atoms with E-state index in [4.69, 9.17) is 0 Å². The number of rotatable bonds is 6. The second-order valence-electron chi connectivity index (χ2n) is 5.27. The molecule has 0 atom stereocenters. The first-order chi connectivity index (χ1) is 13.3. The topological polar surface area (TPSA) is 128 Å². The minimum absolute atomic E-state index is 0.0925. The maximum Gasteiger partial charge on any atom is 0.331 e. The Kier molecular flexibility index (Phi) is 6.92. The van der Waals surface area contributed by atoms with Crippen molar-refractivity contribution >= 4 is 35.4 Å². The number of nitrogens with one attached hydrogen (secondary N) is 2. The highest BCUT2D eigenvalue weighted by Gasteiger charge is 2.11. The molecule has 0 aliphatic carbocycles. The molecule has 2 aromatic carbocycles. The number of carbonyl (C=O) groups excluding carboxylic acids is 3. The number of nitrogens with zero attached hydrogens (tertiary/aromatic N) is 1. The van der Waals surface area contributed by atoms with Crippen LogP contribution in [0.3, 0.4) is 0 Å². The number of halogens is 1. The lowest BCUT2D eigenvalue weighted by Crippen LogP contribution is -2.37. The van der Waals surface area contributed by atoms with E-state index >= 15 is 0 Å². The number of imide groups is 1. The van der Waals surface area contributed by atoms with Crippen LogP contribution in [0.15, 0.2) is 54.6 Å². The average Bonchev–Trinajstić information content (AvgIpc) is 2.66.